The summed E-state index contributed by atoms with van der Waals surface area (Å²) in [5, 5.41) is 4.16. The third kappa shape index (κ3) is 3.08. The van der Waals surface area contributed by atoms with E-state index in [9.17, 15) is 0 Å². The summed E-state index contributed by atoms with van der Waals surface area (Å²) in [4.78, 5) is 2.39. The summed E-state index contributed by atoms with van der Waals surface area (Å²) in [6.45, 7) is 2.94. The van der Waals surface area contributed by atoms with Crippen molar-refractivity contribution in [1.29, 1.82) is 0 Å². The van der Waals surface area contributed by atoms with Crippen LogP contribution in [0.5, 0.6) is 0 Å². The normalized spacial score (nSPS) is 17.4. The molecule has 1 aromatic carbocycles. The van der Waals surface area contributed by atoms with Gasteiger partial charge in [-0.15, -0.1) is 0 Å². The molecular formula is C16H20N2O2. The summed E-state index contributed by atoms with van der Waals surface area (Å²) in [7, 11) is 1.79. The predicted molar refractivity (Wildman–Crippen MR) is 77.2 cm³/mol. The first-order valence-electron chi connectivity index (χ1n) is 7.11. The molecule has 1 aliphatic heterocycles. The van der Waals surface area contributed by atoms with Gasteiger partial charge in [0.25, 0.3) is 0 Å². The molecular weight excluding hydrogens is 252 g/mol. The molecule has 0 aliphatic carbocycles. The van der Waals surface area contributed by atoms with E-state index in [0.29, 0.717) is 6.10 Å². The van der Waals surface area contributed by atoms with E-state index in [4.69, 9.17) is 9.26 Å². The number of benzene rings is 1. The Balaban J connectivity index is 1.61. The summed E-state index contributed by atoms with van der Waals surface area (Å²) < 4.78 is 10.8. The fraction of sp³-hybridized carbons (Fsp3) is 0.438. The fourth-order valence-corrected chi connectivity index (χ4v) is 2.66. The van der Waals surface area contributed by atoms with Gasteiger partial charge in [-0.05, 0) is 12.8 Å². The number of rotatable bonds is 4. The SMILES string of the molecule is COC1CCN(Cc2cc(-c3ccccc3)no2)CC1. The van der Waals surface area contributed by atoms with Crippen LogP contribution in [0, 0.1) is 0 Å². The van der Waals surface area contributed by atoms with Crippen molar-refractivity contribution in [2.45, 2.75) is 25.5 Å². The van der Waals surface area contributed by atoms with Crippen LogP contribution < -0.4 is 0 Å². The highest BCUT2D eigenvalue weighted by molar-refractivity contribution is 5.58. The van der Waals surface area contributed by atoms with Crippen LogP contribution >= 0.6 is 0 Å². The second-order valence-corrected chi connectivity index (χ2v) is 5.26. The number of aromatic nitrogens is 1. The van der Waals surface area contributed by atoms with Crippen molar-refractivity contribution >= 4 is 0 Å². The highest BCUT2D eigenvalue weighted by Crippen LogP contribution is 2.21. The van der Waals surface area contributed by atoms with Gasteiger partial charge in [-0.1, -0.05) is 35.5 Å². The van der Waals surface area contributed by atoms with Gasteiger partial charge in [-0.3, -0.25) is 4.90 Å². The Bertz CT molecular complexity index is 530. The highest BCUT2D eigenvalue weighted by atomic mass is 16.5. The summed E-state index contributed by atoms with van der Waals surface area (Å²) in [6, 6.07) is 12.2. The standard InChI is InChI=1S/C16H20N2O2/c1-19-14-7-9-18(10-8-14)12-15-11-16(17-20-15)13-5-3-2-4-6-13/h2-6,11,14H,7-10,12H2,1H3. The Labute approximate surface area is 119 Å². The Morgan fingerprint density at radius 1 is 1.25 bits per heavy atom. The molecule has 1 saturated heterocycles. The zero-order valence-corrected chi connectivity index (χ0v) is 11.8. The van der Waals surface area contributed by atoms with Gasteiger partial charge in [0, 0.05) is 31.8 Å². The Morgan fingerprint density at radius 2 is 2.00 bits per heavy atom. The number of hydrogen-bond donors (Lipinski definition) is 0. The molecule has 0 N–H and O–H groups in total. The summed E-state index contributed by atoms with van der Waals surface area (Å²) in [6.07, 6.45) is 2.60. The largest absolute Gasteiger partial charge is 0.381 e. The zero-order valence-electron chi connectivity index (χ0n) is 11.8. The van der Waals surface area contributed by atoms with E-state index in [1.54, 1.807) is 7.11 Å². The van der Waals surface area contributed by atoms with E-state index in [-0.39, 0.29) is 0 Å². The molecule has 20 heavy (non-hydrogen) atoms. The maximum absolute atomic E-state index is 5.45. The van der Waals surface area contributed by atoms with Gasteiger partial charge in [0.1, 0.15) is 5.69 Å². The molecule has 0 radical (unpaired) electrons. The molecule has 0 bridgehead atoms. The zero-order chi connectivity index (χ0) is 13.8. The molecule has 2 aromatic rings. The van der Waals surface area contributed by atoms with E-state index >= 15 is 0 Å². The molecule has 1 fully saturated rings. The Morgan fingerprint density at radius 3 is 2.70 bits per heavy atom. The lowest BCUT2D eigenvalue weighted by Crippen LogP contribution is -2.36. The van der Waals surface area contributed by atoms with E-state index in [1.807, 2.05) is 36.4 Å². The average molecular weight is 272 g/mol. The van der Waals surface area contributed by atoms with Crippen LogP contribution in [0.1, 0.15) is 18.6 Å². The van der Waals surface area contributed by atoms with Crippen LogP contribution in [0.4, 0.5) is 0 Å². The van der Waals surface area contributed by atoms with Crippen LogP contribution in [0.3, 0.4) is 0 Å². The summed E-state index contributed by atoms with van der Waals surface area (Å²) in [5.74, 6) is 0.930. The molecule has 106 valence electrons. The predicted octanol–water partition coefficient (Wildman–Crippen LogP) is 2.95. The topological polar surface area (TPSA) is 38.5 Å². The lowest BCUT2D eigenvalue weighted by molar-refractivity contribution is 0.0364. The van der Waals surface area contributed by atoms with Gasteiger partial charge in [-0.25, -0.2) is 0 Å². The van der Waals surface area contributed by atoms with Crippen molar-refractivity contribution in [3.05, 3.63) is 42.2 Å². The molecule has 0 atom stereocenters. The smallest absolute Gasteiger partial charge is 0.151 e. The first-order valence-corrected chi connectivity index (χ1v) is 7.11. The van der Waals surface area contributed by atoms with E-state index < -0.39 is 0 Å². The second-order valence-electron chi connectivity index (χ2n) is 5.26. The first kappa shape index (κ1) is 13.3. The van der Waals surface area contributed by atoms with Crippen LogP contribution in [-0.4, -0.2) is 36.4 Å². The minimum Gasteiger partial charge on any atom is -0.381 e. The lowest BCUT2D eigenvalue weighted by Gasteiger charge is -2.30. The maximum atomic E-state index is 5.45. The van der Waals surface area contributed by atoms with Gasteiger partial charge >= 0.3 is 0 Å². The van der Waals surface area contributed by atoms with Crippen molar-refractivity contribution in [3.8, 4) is 11.3 Å². The first-order chi connectivity index (χ1) is 9.85. The van der Waals surface area contributed by atoms with E-state index in [2.05, 4.69) is 10.1 Å². The van der Waals surface area contributed by atoms with Crippen LogP contribution in [0.2, 0.25) is 0 Å². The number of hydrogen-bond acceptors (Lipinski definition) is 4. The molecule has 1 aromatic heterocycles. The van der Waals surface area contributed by atoms with E-state index in [1.165, 1.54) is 0 Å². The second kappa shape index (κ2) is 6.20. The van der Waals surface area contributed by atoms with Crippen molar-refractivity contribution in [3.63, 3.8) is 0 Å². The number of ether oxygens (including phenoxy) is 1. The fourth-order valence-electron chi connectivity index (χ4n) is 2.66. The molecule has 3 rings (SSSR count). The molecule has 1 aliphatic rings. The third-order valence-electron chi connectivity index (χ3n) is 3.88. The highest BCUT2D eigenvalue weighted by Gasteiger charge is 2.20. The van der Waals surface area contributed by atoms with Gasteiger partial charge in [0.15, 0.2) is 5.76 Å². The maximum Gasteiger partial charge on any atom is 0.151 e. The number of methoxy groups -OCH3 is 1. The molecule has 0 spiro atoms. The van der Waals surface area contributed by atoms with Crippen molar-refractivity contribution in [2.24, 2.45) is 0 Å². The number of piperidine rings is 1. The van der Waals surface area contributed by atoms with Gasteiger partial charge in [0.05, 0.1) is 12.6 Å². The third-order valence-corrected chi connectivity index (χ3v) is 3.88. The summed E-state index contributed by atoms with van der Waals surface area (Å²) in [5.41, 5.74) is 2.01. The molecule has 2 heterocycles. The van der Waals surface area contributed by atoms with Crippen molar-refractivity contribution in [2.75, 3.05) is 20.2 Å². The molecule has 0 saturated carbocycles. The Hall–Kier alpha value is -1.65. The van der Waals surface area contributed by atoms with Gasteiger partial charge in [-0.2, -0.15) is 0 Å². The van der Waals surface area contributed by atoms with Crippen LogP contribution in [0.25, 0.3) is 11.3 Å². The lowest BCUT2D eigenvalue weighted by atomic mass is 10.1. The number of likely N-dealkylation sites (tertiary alicyclic amines) is 1. The van der Waals surface area contributed by atoms with E-state index in [0.717, 1.165) is 49.5 Å². The Kier molecular flexibility index (Phi) is 4.14. The van der Waals surface area contributed by atoms with Crippen molar-refractivity contribution < 1.29 is 9.26 Å². The number of nitrogens with zero attached hydrogens (tertiary/aromatic N) is 2. The van der Waals surface area contributed by atoms with Gasteiger partial charge in [0.2, 0.25) is 0 Å². The minimum atomic E-state index is 0.417. The van der Waals surface area contributed by atoms with Crippen molar-refractivity contribution in [1.82, 2.24) is 10.1 Å². The molecule has 0 amide bonds. The molecule has 4 heteroatoms. The minimum absolute atomic E-state index is 0.417. The van der Waals surface area contributed by atoms with Gasteiger partial charge < -0.3 is 9.26 Å². The summed E-state index contributed by atoms with van der Waals surface area (Å²) >= 11 is 0. The van der Waals surface area contributed by atoms with Crippen LogP contribution in [-0.2, 0) is 11.3 Å². The monoisotopic (exact) mass is 272 g/mol. The quantitative estimate of drug-likeness (QED) is 0.857. The molecule has 0 unspecified atom stereocenters. The average Bonchev–Trinajstić information content (AvgIpc) is 2.97. The van der Waals surface area contributed by atoms with Crippen LogP contribution in [0.15, 0.2) is 40.9 Å². The molecule has 4 nitrogen and oxygen atoms in total.